The van der Waals surface area contributed by atoms with Crippen molar-refractivity contribution in [1.82, 2.24) is 15.3 Å². The second kappa shape index (κ2) is 7.18. The second-order valence-corrected chi connectivity index (χ2v) is 8.34. The topological polar surface area (TPSA) is 92.3 Å². The average molecular weight is 360 g/mol. The Morgan fingerprint density at radius 2 is 1.92 bits per heavy atom. The lowest BCUT2D eigenvalue weighted by molar-refractivity contribution is 0.0950. The predicted molar refractivity (Wildman–Crippen MR) is 95.1 cm³/mol. The van der Waals surface area contributed by atoms with E-state index >= 15 is 0 Å². The molecule has 0 radical (unpaired) electrons. The van der Waals surface area contributed by atoms with Crippen molar-refractivity contribution in [2.75, 3.05) is 23.5 Å². The zero-order chi connectivity index (χ0) is 17.9. The molecule has 25 heavy (non-hydrogen) atoms. The molecule has 1 atom stereocenters. The van der Waals surface area contributed by atoms with Crippen LogP contribution in [0.15, 0.2) is 42.7 Å². The molecule has 7 nitrogen and oxygen atoms in total. The standard InChI is InChI=1S/C17H20N4O3S/c1-21(15-7-8-25(23,24)12-15)17-19-10-14(11-20-17)16(22)18-9-13-5-3-2-4-6-13/h2-6,10-11,15H,7-9,12H2,1H3,(H,18,22). The van der Waals surface area contributed by atoms with Gasteiger partial charge in [-0.25, -0.2) is 18.4 Å². The van der Waals surface area contributed by atoms with Gasteiger partial charge in [0.1, 0.15) is 0 Å². The number of carbonyl (C=O) groups is 1. The number of nitrogens with one attached hydrogen (secondary N) is 1. The summed E-state index contributed by atoms with van der Waals surface area (Å²) in [5.74, 6) is 0.483. The molecule has 1 amide bonds. The molecule has 1 saturated heterocycles. The van der Waals surface area contributed by atoms with Crippen LogP contribution in [-0.4, -0.2) is 48.9 Å². The Morgan fingerprint density at radius 1 is 1.24 bits per heavy atom. The Bertz CT molecular complexity index is 838. The van der Waals surface area contributed by atoms with Crippen molar-refractivity contribution in [2.24, 2.45) is 0 Å². The second-order valence-electron chi connectivity index (χ2n) is 6.11. The quantitative estimate of drug-likeness (QED) is 0.856. The fourth-order valence-corrected chi connectivity index (χ4v) is 4.52. The van der Waals surface area contributed by atoms with Crippen LogP contribution in [0, 0.1) is 0 Å². The smallest absolute Gasteiger partial charge is 0.254 e. The van der Waals surface area contributed by atoms with E-state index in [0.717, 1.165) is 5.56 Å². The third-order valence-corrected chi connectivity index (χ3v) is 6.02. The highest BCUT2D eigenvalue weighted by Crippen LogP contribution is 2.19. The summed E-state index contributed by atoms with van der Waals surface area (Å²) < 4.78 is 23.2. The number of aromatic nitrogens is 2. The van der Waals surface area contributed by atoms with Crippen LogP contribution >= 0.6 is 0 Å². The molecule has 132 valence electrons. The predicted octanol–water partition coefficient (Wildman–Crippen LogP) is 1.03. The molecular formula is C17H20N4O3S. The van der Waals surface area contributed by atoms with Crippen molar-refractivity contribution in [1.29, 1.82) is 0 Å². The largest absolute Gasteiger partial charge is 0.348 e. The van der Waals surface area contributed by atoms with Crippen LogP contribution in [0.3, 0.4) is 0 Å². The molecule has 0 aliphatic carbocycles. The minimum atomic E-state index is -2.97. The molecule has 0 spiro atoms. The van der Waals surface area contributed by atoms with E-state index in [9.17, 15) is 13.2 Å². The highest BCUT2D eigenvalue weighted by Gasteiger charge is 2.31. The SMILES string of the molecule is CN(c1ncc(C(=O)NCc2ccccc2)cn1)C1CCS(=O)(=O)C1. The first-order valence-electron chi connectivity index (χ1n) is 8.02. The number of amides is 1. The van der Waals surface area contributed by atoms with Gasteiger partial charge in [-0.1, -0.05) is 30.3 Å². The van der Waals surface area contributed by atoms with E-state index in [-0.39, 0.29) is 23.5 Å². The summed E-state index contributed by atoms with van der Waals surface area (Å²) in [5.41, 5.74) is 1.38. The number of benzene rings is 1. The molecule has 8 heteroatoms. The summed E-state index contributed by atoms with van der Waals surface area (Å²) in [4.78, 5) is 22.3. The fourth-order valence-electron chi connectivity index (χ4n) is 2.75. The maximum Gasteiger partial charge on any atom is 0.254 e. The monoisotopic (exact) mass is 360 g/mol. The number of carbonyl (C=O) groups excluding carboxylic acids is 1. The van der Waals surface area contributed by atoms with Gasteiger partial charge in [-0.3, -0.25) is 4.79 Å². The lowest BCUT2D eigenvalue weighted by Crippen LogP contribution is -2.34. The van der Waals surface area contributed by atoms with Crippen LogP contribution in [0.1, 0.15) is 22.3 Å². The molecular weight excluding hydrogens is 340 g/mol. The molecule has 0 saturated carbocycles. The van der Waals surface area contributed by atoms with Crippen molar-refractivity contribution < 1.29 is 13.2 Å². The van der Waals surface area contributed by atoms with E-state index in [1.54, 1.807) is 11.9 Å². The van der Waals surface area contributed by atoms with Crippen molar-refractivity contribution in [3.63, 3.8) is 0 Å². The lowest BCUT2D eigenvalue weighted by atomic mass is 10.2. The van der Waals surface area contributed by atoms with E-state index in [1.807, 2.05) is 30.3 Å². The molecule has 1 fully saturated rings. The average Bonchev–Trinajstić information content (AvgIpc) is 3.00. The van der Waals surface area contributed by atoms with Crippen LogP contribution < -0.4 is 10.2 Å². The number of sulfone groups is 1. The van der Waals surface area contributed by atoms with Crippen molar-refractivity contribution >= 4 is 21.7 Å². The van der Waals surface area contributed by atoms with Crippen LogP contribution in [0.25, 0.3) is 0 Å². The van der Waals surface area contributed by atoms with Gasteiger partial charge < -0.3 is 10.2 Å². The minimum Gasteiger partial charge on any atom is -0.348 e. The van der Waals surface area contributed by atoms with E-state index in [4.69, 9.17) is 0 Å². The van der Waals surface area contributed by atoms with Gasteiger partial charge >= 0.3 is 0 Å². The highest BCUT2D eigenvalue weighted by atomic mass is 32.2. The Balaban J connectivity index is 1.60. The van der Waals surface area contributed by atoms with Gasteiger partial charge in [-0.15, -0.1) is 0 Å². The molecule has 1 N–H and O–H groups in total. The Kier molecular flexibility index (Phi) is 4.98. The maximum absolute atomic E-state index is 12.2. The van der Waals surface area contributed by atoms with Gasteiger partial charge in [0.25, 0.3) is 5.91 Å². The first-order chi connectivity index (χ1) is 11.9. The number of hydrogen-bond donors (Lipinski definition) is 1. The number of hydrogen-bond acceptors (Lipinski definition) is 6. The van der Waals surface area contributed by atoms with Gasteiger partial charge in [0, 0.05) is 32.0 Å². The summed E-state index contributed by atoms with van der Waals surface area (Å²) in [7, 11) is -1.19. The Hall–Kier alpha value is -2.48. The maximum atomic E-state index is 12.2. The van der Waals surface area contributed by atoms with Crippen molar-refractivity contribution in [2.45, 2.75) is 19.0 Å². The van der Waals surface area contributed by atoms with Gasteiger partial charge in [-0.05, 0) is 12.0 Å². The van der Waals surface area contributed by atoms with Crippen LogP contribution in [0.4, 0.5) is 5.95 Å². The fraction of sp³-hybridized carbons (Fsp3) is 0.353. The summed E-state index contributed by atoms with van der Waals surface area (Å²) in [6, 6.07) is 9.50. The normalized spacial score (nSPS) is 18.7. The zero-order valence-electron chi connectivity index (χ0n) is 13.9. The molecule has 3 rings (SSSR count). The first kappa shape index (κ1) is 17.3. The Labute approximate surface area is 147 Å². The van der Waals surface area contributed by atoms with Gasteiger partial charge in [0.2, 0.25) is 5.95 Å². The number of nitrogens with zero attached hydrogens (tertiary/aromatic N) is 3. The van der Waals surface area contributed by atoms with Crippen LogP contribution in [-0.2, 0) is 16.4 Å². The first-order valence-corrected chi connectivity index (χ1v) is 9.84. The molecule has 1 aromatic heterocycles. The third kappa shape index (κ3) is 4.33. The summed E-state index contributed by atoms with van der Waals surface area (Å²) in [6.45, 7) is 0.432. The van der Waals surface area contributed by atoms with E-state index < -0.39 is 9.84 Å². The van der Waals surface area contributed by atoms with E-state index in [0.29, 0.717) is 24.5 Å². The molecule has 0 bridgehead atoms. The number of rotatable bonds is 5. The summed E-state index contributed by atoms with van der Waals surface area (Å²) in [5, 5.41) is 2.82. The lowest BCUT2D eigenvalue weighted by Gasteiger charge is -2.23. The molecule has 1 unspecified atom stereocenters. The van der Waals surface area contributed by atoms with Crippen molar-refractivity contribution in [3.05, 3.63) is 53.9 Å². The van der Waals surface area contributed by atoms with Gasteiger partial charge in [-0.2, -0.15) is 0 Å². The molecule has 1 aliphatic heterocycles. The molecule has 2 heterocycles. The Morgan fingerprint density at radius 3 is 2.52 bits per heavy atom. The minimum absolute atomic E-state index is 0.117. The summed E-state index contributed by atoms with van der Waals surface area (Å²) in [6.07, 6.45) is 3.49. The molecule has 2 aromatic rings. The van der Waals surface area contributed by atoms with Crippen molar-refractivity contribution in [3.8, 4) is 0 Å². The van der Waals surface area contributed by atoms with Gasteiger partial charge in [0.05, 0.1) is 17.1 Å². The van der Waals surface area contributed by atoms with Crippen LogP contribution in [0.2, 0.25) is 0 Å². The molecule has 1 aromatic carbocycles. The molecule has 1 aliphatic rings. The van der Waals surface area contributed by atoms with E-state index in [1.165, 1.54) is 12.4 Å². The van der Waals surface area contributed by atoms with Gasteiger partial charge in [0.15, 0.2) is 9.84 Å². The highest BCUT2D eigenvalue weighted by molar-refractivity contribution is 7.91. The zero-order valence-corrected chi connectivity index (χ0v) is 14.7. The summed E-state index contributed by atoms with van der Waals surface area (Å²) >= 11 is 0. The van der Waals surface area contributed by atoms with Crippen LogP contribution in [0.5, 0.6) is 0 Å². The number of anilines is 1. The third-order valence-electron chi connectivity index (χ3n) is 4.27. The van der Waals surface area contributed by atoms with E-state index in [2.05, 4.69) is 15.3 Å².